The number of ether oxygens (including phenoxy) is 1. The lowest BCUT2D eigenvalue weighted by molar-refractivity contribution is -0.137. The molecule has 0 saturated heterocycles. The van der Waals surface area contributed by atoms with Crippen LogP contribution in [0.15, 0.2) is 24.3 Å². The van der Waals surface area contributed by atoms with E-state index in [1.165, 1.54) is 41.8 Å². The first-order valence-electron chi connectivity index (χ1n) is 16.1. The summed E-state index contributed by atoms with van der Waals surface area (Å²) in [7, 11) is -2.13. The van der Waals surface area contributed by atoms with Crippen LogP contribution in [-0.2, 0) is 27.4 Å². The number of halogens is 3. The molecule has 0 amide bonds. The molecule has 1 spiro atoms. The summed E-state index contributed by atoms with van der Waals surface area (Å²) in [6.07, 6.45) is 5.68. The zero-order chi connectivity index (χ0) is 30.3. The van der Waals surface area contributed by atoms with Gasteiger partial charge < -0.3 is 9.16 Å². The minimum atomic E-state index is -4.36. The van der Waals surface area contributed by atoms with E-state index in [0.29, 0.717) is 5.92 Å². The van der Waals surface area contributed by atoms with Crippen molar-refractivity contribution >= 4 is 8.32 Å². The molecular formula is C35H48F3NO2Si. The number of hydrogen-bond acceptors (Lipinski definition) is 3. The van der Waals surface area contributed by atoms with E-state index in [9.17, 15) is 13.2 Å². The Kier molecular flexibility index (Phi) is 7.34. The third-order valence-electron chi connectivity index (χ3n) is 11.1. The van der Waals surface area contributed by atoms with Gasteiger partial charge in [0, 0.05) is 22.7 Å². The van der Waals surface area contributed by atoms with Crippen LogP contribution in [0.3, 0.4) is 0 Å². The second-order valence-corrected chi connectivity index (χ2v) is 20.6. The van der Waals surface area contributed by atoms with E-state index in [2.05, 4.69) is 47.7 Å². The van der Waals surface area contributed by atoms with Gasteiger partial charge >= 0.3 is 6.18 Å². The van der Waals surface area contributed by atoms with Crippen molar-refractivity contribution in [2.75, 3.05) is 0 Å². The van der Waals surface area contributed by atoms with Crippen LogP contribution in [0.2, 0.25) is 18.1 Å². The second kappa shape index (κ2) is 10.2. The first-order chi connectivity index (χ1) is 19.5. The van der Waals surface area contributed by atoms with Crippen molar-refractivity contribution < 1.29 is 22.3 Å². The van der Waals surface area contributed by atoms with Crippen molar-refractivity contribution in [2.24, 2.45) is 5.41 Å². The van der Waals surface area contributed by atoms with Gasteiger partial charge in [-0.25, -0.2) is 0 Å². The highest BCUT2D eigenvalue weighted by Crippen LogP contribution is 2.61. The molecule has 2 heterocycles. The maximum atomic E-state index is 13.5. The van der Waals surface area contributed by atoms with Crippen LogP contribution in [0.5, 0.6) is 0 Å². The fourth-order valence-electron chi connectivity index (χ4n) is 7.93. The monoisotopic (exact) mass is 599 g/mol. The minimum Gasteiger partial charge on any atom is -0.410 e. The summed E-state index contributed by atoms with van der Waals surface area (Å²) in [6, 6.07) is 5.70. The third-order valence-corrected chi connectivity index (χ3v) is 15.6. The van der Waals surface area contributed by atoms with Crippen molar-refractivity contribution in [2.45, 2.75) is 147 Å². The van der Waals surface area contributed by atoms with E-state index < -0.39 is 31.8 Å². The normalized spacial score (nSPS) is 25.7. The summed E-state index contributed by atoms with van der Waals surface area (Å²) in [5.41, 5.74) is 5.85. The molecular weight excluding hydrogens is 551 g/mol. The average molecular weight is 600 g/mol. The van der Waals surface area contributed by atoms with Gasteiger partial charge in [-0.15, -0.1) is 0 Å². The molecule has 3 aliphatic carbocycles. The molecule has 0 radical (unpaired) electrons. The number of nitrogens with zero attached hydrogens (tertiary/aromatic N) is 1. The number of pyridine rings is 1. The zero-order valence-electron chi connectivity index (χ0n) is 26.5. The molecule has 2 saturated carbocycles. The van der Waals surface area contributed by atoms with Crippen molar-refractivity contribution in [3.63, 3.8) is 0 Å². The van der Waals surface area contributed by atoms with Gasteiger partial charge in [0.1, 0.15) is 6.10 Å². The van der Waals surface area contributed by atoms with Crippen LogP contribution in [-0.4, -0.2) is 13.3 Å². The fourth-order valence-corrected chi connectivity index (χ4v) is 9.20. The van der Waals surface area contributed by atoms with Crippen molar-refractivity contribution in [3.05, 3.63) is 63.5 Å². The van der Waals surface area contributed by atoms with Gasteiger partial charge in [0.2, 0.25) is 0 Å². The first-order valence-corrected chi connectivity index (χ1v) is 19.0. The van der Waals surface area contributed by atoms with Gasteiger partial charge in [-0.3, -0.25) is 4.98 Å². The summed E-state index contributed by atoms with van der Waals surface area (Å²) in [5.74, 6) is 0.367. The van der Waals surface area contributed by atoms with Crippen LogP contribution < -0.4 is 0 Å². The van der Waals surface area contributed by atoms with Gasteiger partial charge in [-0.05, 0) is 85.3 Å². The predicted octanol–water partition coefficient (Wildman–Crippen LogP) is 10.7. The molecule has 2 fully saturated rings. The summed E-state index contributed by atoms with van der Waals surface area (Å²) >= 11 is 0. The van der Waals surface area contributed by atoms with Gasteiger partial charge in [0.05, 0.1) is 23.0 Å². The summed E-state index contributed by atoms with van der Waals surface area (Å²) in [4.78, 5) is 5.57. The molecule has 0 N–H and O–H groups in total. The Hall–Kier alpha value is -1.70. The Labute approximate surface area is 251 Å². The number of hydrogen-bond donors (Lipinski definition) is 0. The molecule has 0 unspecified atom stereocenters. The Morgan fingerprint density at radius 1 is 0.929 bits per heavy atom. The number of alkyl halides is 3. The van der Waals surface area contributed by atoms with Gasteiger partial charge in [0.15, 0.2) is 8.32 Å². The molecule has 1 aliphatic heterocycles. The molecule has 1 aromatic heterocycles. The maximum Gasteiger partial charge on any atom is 0.416 e. The summed E-state index contributed by atoms with van der Waals surface area (Å²) in [6.45, 7) is 16.2. The third kappa shape index (κ3) is 5.19. The molecule has 230 valence electrons. The largest absolute Gasteiger partial charge is 0.416 e. The molecule has 2 aromatic rings. The summed E-state index contributed by atoms with van der Waals surface area (Å²) in [5, 5.41) is 0.0689. The van der Waals surface area contributed by atoms with Crippen LogP contribution in [0.1, 0.15) is 150 Å². The maximum absolute atomic E-state index is 13.5. The zero-order valence-corrected chi connectivity index (χ0v) is 27.5. The fraction of sp³-hybridized carbons (Fsp3) is 0.686. The van der Waals surface area contributed by atoms with E-state index in [4.69, 9.17) is 14.1 Å². The lowest BCUT2D eigenvalue weighted by Gasteiger charge is -2.45. The molecule has 2 atom stereocenters. The Morgan fingerprint density at radius 2 is 1.55 bits per heavy atom. The van der Waals surface area contributed by atoms with Gasteiger partial charge in [-0.1, -0.05) is 72.4 Å². The van der Waals surface area contributed by atoms with Crippen molar-refractivity contribution in [1.29, 1.82) is 0 Å². The van der Waals surface area contributed by atoms with Crippen LogP contribution in [0, 0.1) is 5.41 Å². The molecule has 3 nitrogen and oxygen atoms in total. The molecule has 1 aromatic carbocycles. The number of fused-ring (bicyclic) bond motifs is 4. The SMILES string of the molecule is CC1(C)Cc2nc(C3CCCC3)c3c(c2[C@@H](O[Si](C)(C)C(C)(C)C)C1)C1(CCCC1)O[C@@H]3c1ccc(C(F)(F)F)cc1. The molecule has 4 aliphatic rings. The number of rotatable bonds is 4. The van der Waals surface area contributed by atoms with Gasteiger partial charge in [-0.2, -0.15) is 13.2 Å². The van der Waals surface area contributed by atoms with Crippen LogP contribution >= 0.6 is 0 Å². The van der Waals surface area contributed by atoms with Crippen molar-refractivity contribution in [1.82, 2.24) is 4.98 Å². The predicted molar refractivity (Wildman–Crippen MR) is 163 cm³/mol. The number of benzene rings is 1. The Balaban J connectivity index is 1.59. The van der Waals surface area contributed by atoms with E-state index in [1.54, 1.807) is 12.1 Å². The highest BCUT2D eigenvalue weighted by atomic mass is 28.4. The highest BCUT2D eigenvalue weighted by Gasteiger charge is 2.54. The lowest BCUT2D eigenvalue weighted by atomic mass is 9.70. The molecule has 0 bridgehead atoms. The molecule has 42 heavy (non-hydrogen) atoms. The highest BCUT2D eigenvalue weighted by molar-refractivity contribution is 6.74. The van der Waals surface area contributed by atoms with E-state index >= 15 is 0 Å². The summed E-state index contributed by atoms with van der Waals surface area (Å²) < 4.78 is 55.0. The first kappa shape index (κ1) is 30.3. The quantitative estimate of drug-likeness (QED) is 0.328. The van der Waals surface area contributed by atoms with Crippen molar-refractivity contribution in [3.8, 4) is 0 Å². The van der Waals surface area contributed by atoms with Crippen LogP contribution in [0.4, 0.5) is 13.2 Å². The van der Waals surface area contributed by atoms with E-state index in [0.717, 1.165) is 68.2 Å². The standard InChI is InChI=1S/C35H48F3NO2Si/c1-32(2,3)42(6,7)41-26-21-33(4,5)20-25-27(26)29-28(30(39-25)22-12-8-9-13-22)31(40-34(29)18-10-11-19-34)23-14-16-24(17-15-23)35(36,37)38/h14-17,22,26,31H,8-13,18-21H2,1-7H3/t26-,31+/m0/s1. The minimum absolute atomic E-state index is 0.0589. The van der Waals surface area contributed by atoms with E-state index in [1.807, 2.05) is 0 Å². The number of aromatic nitrogens is 1. The molecule has 6 rings (SSSR count). The smallest absolute Gasteiger partial charge is 0.410 e. The van der Waals surface area contributed by atoms with E-state index in [-0.39, 0.29) is 16.6 Å². The second-order valence-electron chi connectivity index (χ2n) is 15.9. The Morgan fingerprint density at radius 3 is 2.12 bits per heavy atom. The van der Waals surface area contributed by atoms with Crippen LogP contribution in [0.25, 0.3) is 0 Å². The lowest BCUT2D eigenvalue weighted by Crippen LogP contribution is -2.44. The average Bonchev–Trinajstić information content (AvgIpc) is 3.63. The molecule has 7 heteroatoms. The Bertz CT molecular complexity index is 1330. The van der Waals surface area contributed by atoms with Gasteiger partial charge in [0.25, 0.3) is 0 Å². The topological polar surface area (TPSA) is 31.4 Å².